The molecule has 2 nitrogen and oxygen atoms in total. The Hall–Kier alpha value is -1.05. The molecule has 1 aliphatic heterocycles. The van der Waals surface area contributed by atoms with Crippen LogP contribution in [0.4, 0.5) is 0 Å². The Kier molecular flexibility index (Phi) is 2.45. The zero-order valence-corrected chi connectivity index (χ0v) is 9.72. The maximum Gasteiger partial charge on any atom is 0.234 e. The molecule has 0 aromatic heterocycles. The third kappa shape index (κ3) is 1.85. The predicted molar refractivity (Wildman–Crippen MR) is 59.4 cm³/mol. The van der Waals surface area contributed by atoms with Gasteiger partial charge in [0.15, 0.2) is 12.4 Å². The summed E-state index contributed by atoms with van der Waals surface area (Å²) < 4.78 is 5.16. The summed E-state index contributed by atoms with van der Waals surface area (Å²) in [5, 5.41) is 0. The SMILES string of the molecule is CC1=C(C=C2OCC2=O)C(C)(C)CCC1. The number of carbonyl (C=O) groups excluding carboxylic acids is 1. The van der Waals surface area contributed by atoms with Gasteiger partial charge < -0.3 is 4.74 Å². The highest BCUT2D eigenvalue weighted by Gasteiger charge is 2.30. The van der Waals surface area contributed by atoms with Crippen LogP contribution in [-0.2, 0) is 9.53 Å². The molecule has 0 unspecified atom stereocenters. The van der Waals surface area contributed by atoms with Crippen LogP contribution in [-0.4, -0.2) is 12.4 Å². The van der Waals surface area contributed by atoms with Gasteiger partial charge in [0.05, 0.1) is 0 Å². The Balaban J connectivity index is 2.32. The van der Waals surface area contributed by atoms with E-state index in [4.69, 9.17) is 4.74 Å². The second-order valence-electron chi connectivity index (χ2n) is 5.15. The zero-order chi connectivity index (χ0) is 11.1. The van der Waals surface area contributed by atoms with E-state index in [0.717, 1.165) is 6.42 Å². The lowest BCUT2D eigenvalue weighted by Gasteiger charge is -2.33. The van der Waals surface area contributed by atoms with Crippen molar-refractivity contribution >= 4 is 5.78 Å². The lowest BCUT2D eigenvalue weighted by atomic mass is 9.72. The molecule has 0 radical (unpaired) electrons. The summed E-state index contributed by atoms with van der Waals surface area (Å²) in [6.45, 7) is 6.91. The van der Waals surface area contributed by atoms with Crippen LogP contribution in [0.5, 0.6) is 0 Å². The van der Waals surface area contributed by atoms with Crippen LogP contribution in [0.2, 0.25) is 0 Å². The van der Waals surface area contributed by atoms with Crippen molar-refractivity contribution in [1.82, 2.24) is 0 Å². The van der Waals surface area contributed by atoms with Crippen molar-refractivity contribution in [3.63, 3.8) is 0 Å². The molecular weight excluding hydrogens is 188 g/mol. The highest BCUT2D eigenvalue weighted by atomic mass is 16.5. The molecule has 0 bridgehead atoms. The number of rotatable bonds is 1. The Morgan fingerprint density at radius 2 is 2.13 bits per heavy atom. The summed E-state index contributed by atoms with van der Waals surface area (Å²) in [6, 6.07) is 0. The predicted octanol–water partition coefficient (Wildman–Crippen LogP) is 3.00. The van der Waals surface area contributed by atoms with Gasteiger partial charge in [-0.15, -0.1) is 0 Å². The van der Waals surface area contributed by atoms with Crippen molar-refractivity contribution in [3.05, 3.63) is 23.0 Å². The smallest absolute Gasteiger partial charge is 0.234 e. The van der Waals surface area contributed by atoms with Gasteiger partial charge in [0.25, 0.3) is 0 Å². The Bertz CT molecular complexity index is 359. The van der Waals surface area contributed by atoms with Crippen molar-refractivity contribution in [2.75, 3.05) is 6.61 Å². The molecule has 82 valence electrons. The van der Waals surface area contributed by atoms with Crippen LogP contribution in [0.25, 0.3) is 0 Å². The van der Waals surface area contributed by atoms with Crippen LogP contribution < -0.4 is 0 Å². The van der Waals surface area contributed by atoms with Gasteiger partial charge in [0.2, 0.25) is 5.78 Å². The number of hydrogen-bond acceptors (Lipinski definition) is 2. The van der Waals surface area contributed by atoms with Gasteiger partial charge in [-0.25, -0.2) is 0 Å². The standard InChI is InChI=1S/C13H18O2/c1-9-5-4-6-13(2,3)10(9)7-12-11(14)8-15-12/h7H,4-6,8H2,1-3H3. The highest BCUT2D eigenvalue weighted by Crippen LogP contribution is 2.41. The first-order valence-electron chi connectivity index (χ1n) is 5.58. The fourth-order valence-corrected chi connectivity index (χ4v) is 2.43. The molecule has 1 heterocycles. The van der Waals surface area contributed by atoms with Crippen molar-refractivity contribution in [1.29, 1.82) is 0 Å². The molecule has 2 heteroatoms. The first-order chi connectivity index (χ1) is 7.00. The van der Waals surface area contributed by atoms with Crippen LogP contribution in [0.1, 0.15) is 40.0 Å². The van der Waals surface area contributed by atoms with Gasteiger partial charge in [0.1, 0.15) is 0 Å². The maximum atomic E-state index is 11.2. The summed E-state index contributed by atoms with van der Waals surface area (Å²) in [5.74, 6) is 0.691. The number of hydrogen-bond donors (Lipinski definition) is 0. The molecule has 0 amide bonds. The van der Waals surface area contributed by atoms with Gasteiger partial charge >= 0.3 is 0 Å². The molecule has 0 atom stereocenters. The Labute approximate surface area is 91.0 Å². The quantitative estimate of drug-likeness (QED) is 0.616. The summed E-state index contributed by atoms with van der Waals surface area (Å²) in [7, 11) is 0. The molecule has 1 saturated heterocycles. The van der Waals surface area contributed by atoms with E-state index in [1.807, 2.05) is 6.08 Å². The number of Topliss-reactive ketones (excluding diaryl/α,β-unsaturated/α-hetero) is 1. The summed E-state index contributed by atoms with van der Waals surface area (Å²) >= 11 is 0. The molecule has 1 aliphatic carbocycles. The van der Waals surface area contributed by atoms with Crippen molar-refractivity contribution < 1.29 is 9.53 Å². The Morgan fingerprint density at radius 3 is 2.60 bits per heavy atom. The van der Waals surface area contributed by atoms with E-state index < -0.39 is 0 Å². The lowest BCUT2D eigenvalue weighted by molar-refractivity contribution is -0.131. The average molecular weight is 206 g/mol. The number of allylic oxidation sites excluding steroid dienone is 3. The monoisotopic (exact) mass is 206 g/mol. The molecular formula is C13H18O2. The second kappa shape index (κ2) is 3.51. The third-order valence-corrected chi connectivity index (χ3v) is 3.45. The minimum absolute atomic E-state index is 0.136. The van der Waals surface area contributed by atoms with E-state index in [-0.39, 0.29) is 17.8 Å². The minimum Gasteiger partial charge on any atom is -0.481 e. The fourth-order valence-electron chi connectivity index (χ4n) is 2.43. The molecule has 0 aromatic carbocycles. The molecule has 0 aromatic rings. The van der Waals surface area contributed by atoms with Gasteiger partial charge in [-0.2, -0.15) is 0 Å². The van der Waals surface area contributed by atoms with E-state index in [2.05, 4.69) is 20.8 Å². The van der Waals surface area contributed by atoms with Crippen LogP contribution in [0, 0.1) is 5.41 Å². The number of ether oxygens (including phenoxy) is 1. The molecule has 0 spiro atoms. The van der Waals surface area contributed by atoms with E-state index in [0.29, 0.717) is 5.76 Å². The molecule has 1 fully saturated rings. The van der Waals surface area contributed by atoms with Gasteiger partial charge in [0, 0.05) is 0 Å². The summed E-state index contributed by atoms with van der Waals surface area (Å²) in [5.41, 5.74) is 2.90. The Morgan fingerprint density at radius 1 is 1.40 bits per heavy atom. The third-order valence-electron chi connectivity index (χ3n) is 3.45. The van der Waals surface area contributed by atoms with Crippen molar-refractivity contribution in [3.8, 4) is 0 Å². The van der Waals surface area contributed by atoms with Gasteiger partial charge in [-0.1, -0.05) is 19.4 Å². The second-order valence-corrected chi connectivity index (χ2v) is 5.15. The number of carbonyl (C=O) groups is 1. The topological polar surface area (TPSA) is 26.3 Å². The van der Waals surface area contributed by atoms with E-state index in [9.17, 15) is 4.79 Å². The van der Waals surface area contributed by atoms with Crippen LogP contribution in [0.15, 0.2) is 23.0 Å². The lowest BCUT2D eigenvalue weighted by Crippen LogP contribution is -2.27. The van der Waals surface area contributed by atoms with E-state index in [1.165, 1.54) is 24.0 Å². The molecule has 0 saturated carbocycles. The van der Waals surface area contributed by atoms with Crippen LogP contribution >= 0.6 is 0 Å². The molecule has 15 heavy (non-hydrogen) atoms. The minimum atomic E-state index is 0.136. The normalized spacial score (nSPS) is 27.7. The average Bonchev–Trinajstić information content (AvgIpc) is 2.14. The van der Waals surface area contributed by atoms with Crippen molar-refractivity contribution in [2.45, 2.75) is 40.0 Å². The molecule has 2 rings (SSSR count). The largest absolute Gasteiger partial charge is 0.481 e. The zero-order valence-electron chi connectivity index (χ0n) is 9.72. The van der Waals surface area contributed by atoms with Crippen LogP contribution in [0.3, 0.4) is 0 Å². The van der Waals surface area contributed by atoms with Gasteiger partial charge in [-0.05, 0) is 43.3 Å². The summed E-state index contributed by atoms with van der Waals surface area (Å²) in [6.07, 6.45) is 5.55. The van der Waals surface area contributed by atoms with Gasteiger partial charge in [-0.3, -0.25) is 4.79 Å². The van der Waals surface area contributed by atoms with E-state index in [1.54, 1.807) is 0 Å². The van der Waals surface area contributed by atoms with E-state index >= 15 is 0 Å². The fraction of sp³-hybridized carbons (Fsp3) is 0.615. The molecule has 2 aliphatic rings. The first kappa shape index (κ1) is 10.5. The maximum absolute atomic E-state index is 11.2. The van der Waals surface area contributed by atoms with Crippen molar-refractivity contribution in [2.24, 2.45) is 5.41 Å². The highest BCUT2D eigenvalue weighted by molar-refractivity contribution is 5.99. The number of ketones is 1. The molecule has 0 N–H and O–H groups in total. The first-order valence-corrected chi connectivity index (χ1v) is 5.58. The summed E-state index contributed by atoms with van der Waals surface area (Å²) in [4.78, 5) is 11.2.